The minimum atomic E-state index is -0.128. The first-order chi connectivity index (χ1) is 12.1. The fourth-order valence-corrected chi connectivity index (χ4v) is 2.32. The van der Waals surface area contributed by atoms with E-state index < -0.39 is 0 Å². The molecule has 25 heavy (non-hydrogen) atoms. The standard InChI is InChI=1S/C19H21N3O3/c1-22(12-14-5-3-2-4-6-14)18(23)13-25-17-10-9-16(11-20-17)21-19(24)15-7-8-15/h2-6,9-11,15H,7-8,12-13H2,1H3,(H,21,24). The van der Waals surface area contributed by atoms with Crippen molar-refractivity contribution in [2.45, 2.75) is 19.4 Å². The molecule has 3 rings (SSSR count). The number of anilines is 1. The molecule has 1 aliphatic rings. The lowest BCUT2D eigenvalue weighted by molar-refractivity contribution is -0.132. The molecule has 1 aliphatic carbocycles. The Labute approximate surface area is 146 Å². The van der Waals surface area contributed by atoms with Gasteiger partial charge in [0.05, 0.1) is 11.9 Å². The summed E-state index contributed by atoms with van der Waals surface area (Å²) < 4.78 is 5.43. The topological polar surface area (TPSA) is 71.5 Å². The number of likely N-dealkylation sites (N-methyl/N-ethyl adjacent to an activating group) is 1. The number of carbonyl (C=O) groups is 2. The minimum Gasteiger partial charge on any atom is -0.468 e. The van der Waals surface area contributed by atoms with Crippen molar-refractivity contribution in [2.75, 3.05) is 19.0 Å². The zero-order chi connectivity index (χ0) is 17.6. The summed E-state index contributed by atoms with van der Waals surface area (Å²) in [5.41, 5.74) is 1.70. The van der Waals surface area contributed by atoms with E-state index in [1.54, 1.807) is 24.1 Å². The minimum absolute atomic E-state index is 0.0354. The Balaban J connectivity index is 1.45. The molecule has 0 unspecified atom stereocenters. The van der Waals surface area contributed by atoms with Crippen LogP contribution in [0.25, 0.3) is 0 Å². The zero-order valence-corrected chi connectivity index (χ0v) is 14.1. The first kappa shape index (κ1) is 17.0. The smallest absolute Gasteiger partial charge is 0.260 e. The van der Waals surface area contributed by atoms with Crippen molar-refractivity contribution in [1.29, 1.82) is 0 Å². The average Bonchev–Trinajstić information content (AvgIpc) is 3.47. The average molecular weight is 339 g/mol. The van der Waals surface area contributed by atoms with Gasteiger partial charge >= 0.3 is 0 Å². The lowest BCUT2D eigenvalue weighted by atomic mass is 10.2. The van der Waals surface area contributed by atoms with Gasteiger partial charge in [0.25, 0.3) is 5.91 Å². The molecule has 1 saturated carbocycles. The van der Waals surface area contributed by atoms with Gasteiger partial charge < -0.3 is 15.0 Å². The Morgan fingerprint density at radius 2 is 1.96 bits per heavy atom. The number of pyridine rings is 1. The Morgan fingerprint density at radius 3 is 2.60 bits per heavy atom. The molecule has 6 heteroatoms. The summed E-state index contributed by atoms with van der Waals surface area (Å²) in [6.45, 7) is 0.451. The first-order valence-electron chi connectivity index (χ1n) is 8.29. The fraction of sp³-hybridized carbons (Fsp3) is 0.316. The maximum absolute atomic E-state index is 12.1. The summed E-state index contributed by atoms with van der Waals surface area (Å²) in [4.78, 5) is 29.5. The van der Waals surface area contributed by atoms with E-state index >= 15 is 0 Å². The van der Waals surface area contributed by atoms with Gasteiger partial charge in [-0.2, -0.15) is 0 Å². The number of hydrogen-bond acceptors (Lipinski definition) is 4. The van der Waals surface area contributed by atoms with Crippen LogP contribution in [-0.4, -0.2) is 35.4 Å². The molecule has 1 heterocycles. The van der Waals surface area contributed by atoms with Crippen LogP contribution in [0.5, 0.6) is 5.88 Å². The lowest BCUT2D eigenvalue weighted by Crippen LogP contribution is -2.31. The van der Waals surface area contributed by atoms with Crippen molar-refractivity contribution in [3.63, 3.8) is 0 Å². The van der Waals surface area contributed by atoms with Crippen LogP contribution in [0.3, 0.4) is 0 Å². The van der Waals surface area contributed by atoms with Crippen LogP contribution in [-0.2, 0) is 16.1 Å². The molecule has 0 spiro atoms. The number of nitrogens with zero attached hydrogens (tertiary/aromatic N) is 2. The first-order valence-corrected chi connectivity index (χ1v) is 8.29. The number of aromatic nitrogens is 1. The van der Waals surface area contributed by atoms with Crippen LogP contribution < -0.4 is 10.1 Å². The second kappa shape index (κ2) is 7.79. The number of amides is 2. The molecule has 1 N–H and O–H groups in total. The van der Waals surface area contributed by atoms with Gasteiger partial charge in [0.1, 0.15) is 0 Å². The third-order valence-corrected chi connectivity index (χ3v) is 3.98. The molecular weight excluding hydrogens is 318 g/mol. The third-order valence-electron chi connectivity index (χ3n) is 3.98. The van der Waals surface area contributed by atoms with E-state index in [1.165, 1.54) is 6.20 Å². The van der Waals surface area contributed by atoms with E-state index in [4.69, 9.17) is 4.74 Å². The van der Waals surface area contributed by atoms with E-state index in [2.05, 4.69) is 10.3 Å². The van der Waals surface area contributed by atoms with E-state index in [-0.39, 0.29) is 24.3 Å². The highest BCUT2D eigenvalue weighted by atomic mass is 16.5. The SMILES string of the molecule is CN(Cc1ccccc1)C(=O)COc1ccc(NC(=O)C2CC2)cn1. The molecule has 0 aliphatic heterocycles. The van der Waals surface area contributed by atoms with Crippen molar-refractivity contribution in [3.05, 3.63) is 54.2 Å². The Kier molecular flexibility index (Phi) is 5.28. The second-order valence-corrected chi connectivity index (χ2v) is 6.17. The number of ether oxygens (including phenoxy) is 1. The van der Waals surface area contributed by atoms with Gasteiger partial charge in [0.2, 0.25) is 11.8 Å². The van der Waals surface area contributed by atoms with Gasteiger partial charge in [0, 0.05) is 25.6 Å². The second-order valence-electron chi connectivity index (χ2n) is 6.17. The van der Waals surface area contributed by atoms with Crippen molar-refractivity contribution in [1.82, 2.24) is 9.88 Å². The maximum Gasteiger partial charge on any atom is 0.260 e. The maximum atomic E-state index is 12.1. The highest BCUT2D eigenvalue weighted by molar-refractivity contribution is 5.93. The van der Waals surface area contributed by atoms with Crippen molar-refractivity contribution >= 4 is 17.5 Å². The molecule has 0 atom stereocenters. The molecule has 1 fully saturated rings. The molecule has 1 aromatic carbocycles. The van der Waals surface area contributed by atoms with Gasteiger partial charge in [-0.25, -0.2) is 4.98 Å². The predicted molar refractivity (Wildman–Crippen MR) is 94.0 cm³/mol. The lowest BCUT2D eigenvalue weighted by Gasteiger charge is -2.17. The summed E-state index contributed by atoms with van der Waals surface area (Å²) in [6, 6.07) is 13.1. The largest absolute Gasteiger partial charge is 0.468 e. The Bertz CT molecular complexity index is 727. The molecule has 6 nitrogen and oxygen atoms in total. The van der Waals surface area contributed by atoms with Crippen LogP contribution in [0.1, 0.15) is 18.4 Å². The Hall–Kier alpha value is -2.89. The molecule has 2 aromatic rings. The van der Waals surface area contributed by atoms with Crippen LogP contribution in [0.4, 0.5) is 5.69 Å². The third kappa shape index (κ3) is 5.04. The van der Waals surface area contributed by atoms with Crippen LogP contribution in [0, 0.1) is 5.92 Å². The highest BCUT2D eigenvalue weighted by Crippen LogP contribution is 2.30. The quantitative estimate of drug-likeness (QED) is 0.841. The van der Waals surface area contributed by atoms with Crippen molar-refractivity contribution in [2.24, 2.45) is 5.92 Å². The van der Waals surface area contributed by atoms with Crippen LogP contribution in [0.2, 0.25) is 0 Å². The molecule has 0 radical (unpaired) electrons. The number of carbonyl (C=O) groups excluding carboxylic acids is 2. The summed E-state index contributed by atoms with van der Waals surface area (Å²) in [5, 5.41) is 2.81. The van der Waals surface area contributed by atoms with E-state index in [9.17, 15) is 9.59 Å². The monoisotopic (exact) mass is 339 g/mol. The van der Waals surface area contributed by atoms with Gasteiger partial charge in [-0.15, -0.1) is 0 Å². The van der Waals surface area contributed by atoms with Crippen molar-refractivity contribution in [3.8, 4) is 5.88 Å². The molecule has 1 aromatic heterocycles. The number of hydrogen-bond donors (Lipinski definition) is 1. The number of benzene rings is 1. The zero-order valence-electron chi connectivity index (χ0n) is 14.1. The van der Waals surface area contributed by atoms with Gasteiger partial charge in [-0.3, -0.25) is 9.59 Å². The van der Waals surface area contributed by atoms with Gasteiger partial charge in [0.15, 0.2) is 6.61 Å². The molecule has 130 valence electrons. The predicted octanol–water partition coefficient (Wildman–Crippen LogP) is 2.47. The van der Waals surface area contributed by atoms with E-state index in [0.29, 0.717) is 18.1 Å². The molecular formula is C19H21N3O3. The molecule has 0 saturated heterocycles. The fourth-order valence-electron chi connectivity index (χ4n) is 2.32. The summed E-state index contributed by atoms with van der Waals surface area (Å²) in [5.74, 6) is 0.407. The van der Waals surface area contributed by atoms with E-state index in [1.807, 2.05) is 30.3 Å². The van der Waals surface area contributed by atoms with Crippen molar-refractivity contribution < 1.29 is 14.3 Å². The van der Waals surface area contributed by atoms with Crippen LogP contribution in [0.15, 0.2) is 48.7 Å². The van der Waals surface area contributed by atoms with Gasteiger partial charge in [-0.1, -0.05) is 30.3 Å². The van der Waals surface area contributed by atoms with Gasteiger partial charge in [-0.05, 0) is 24.5 Å². The molecule has 2 amide bonds. The normalized spacial score (nSPS) is 13.2. The highest BCUT2D eigenvalue weighted by Gasteiger charge is 2.29. The van der Waals surface area contributed by atoms with Crippen LogP contribution >= 0.6 is 0 Å². The summed E-state index contributed by atoms with van der Waals surface area (Å²) >= 11 is 0. The number of nitrogens with one attached hydrogen (secondary N) is 1. The number of rotatable bonds is 7. The molecule has 0 bridgehead atoms. The summed E-state index contributed by atoms with van der Waals surface area (Å²) in [7, 11) is 1.74. The summed E-state index contributed by atoms with van der Waals surface area (Å²) in [6.07, 6.45) is 3.45. The Morgan fingerprint density at radius 1 is 1.20 bits per heavy atom. The van der Waals surface area contributed by atoms with E-state index in [0.717, 1.165) is 18.4 Å².